The fraction of sp³-hybridized carbons (Fsp3) is 0.300. The third-order valence-corrected chi connectivity index (χ3v) is 4.09. The zero-order valence-corrected chi connectivity index (χ0v) is 12.6. The molecule has 7 heteroatoms. The van der Waals surface area contributed by atoms with Gasteiger partial charge in [0.15, 0.2) is 5.75 Å². The second-order valence-corrected chi connectivity index (χ2v) is 5.36. The second kappa shape index (κ2) is 5.85. The number of halogens is 5. The maximum absolute atomic E-state index is 11.5. The molecule has 2 nitrogen and oxygen atoms in total. The van der Waals surface area contributed by atoms with Gasteiger partial charge in [0.25, 0.3) is 0 Å². The normalized spacial score (nSPS) is 10.8. The van der Waals surface area contributed by atoms with Crippen LogP contribution in [0.4, 0.5) is 0 Å². The highest BCUT2D eigenvalue weighted by Gasteiger charge is 2.23. The lowest BCUT2D eigenvalue weighted by atomic mass is 10.2. The molecular formula is C10H7Cl5O2. The molecule has 0 saturated carbocycles. The third-order valence-electron chi connectivity index (χ3n) is 1.84. The van der Waals surface area contributed by atoms with Crippen LogP contribution < -0.4 is 4.74 Å². The summed E-state index contributed by atoms with van der Waals surface area (Å²) in [6.07, 6.45) is 0. The molecule has 0 aliphatic rings. The van der Waals surface area contributed by atoms with Gasteiger partial charge in [-0.25, -0.2) is 0 Å². The van der Waals surface area contributed by atoms with Crippen LogP contribution in [0.1, 0.15) is 13.8 Å². The van der Waals surface area contributed by atoms with E-state index in [4.69, 9.17) is 62.7 Å². The molecule has 0 spiro atoms. The fourth-order valence-corrected chi connectivity index (χ4v) is 2.09. The Labute approximate surface area is 124 Å². The van der Waals surface area contributed by atoms with E-state index >= 15 is 0 Å². The molecule has 17 heavy (non-hydrogen) atoms. The third kappa shape index (κ3) is 3.12. The van der Waals surface area contributed by atoms with E-state index in [0.29, 0.717) is 0 Å². The Morgan fingerprint density at radius 2 is 1.24 bits per heavy atom. The fourth-order valence-electron chi connectivity index (χ4n) is 0.893. The Morgan fingerprint density at radius 1 is 0.882 bits per heavy atom. The molecule has 0 atom stereocenters. The van der Waals surface area contributed by atoms with Gasteiger partial charge in [0.1, 0.15) is 10.0 Å². The van der Waals surface area contributed by atoms with Gasteiger partial charge in [-0.1, -0.05) is 71.9 Å². The van der Waals surface area contributed by atoms with Crippen molar-refractivity contribution in [1.29, 1.82) is 0 Å². The lowest BCUT2D eigenvalue weighted by molar-refractivity contribution is -0.137. The minimum Gasteiger partial charge on any atom is -0.423 e. The molecule has 0 bridgehead atoms. The van der Waals surface area contributed by atoms with E-state index in [1.165, 1.54) is 0 Å². The predicted molar refractivity (Wildman–Crippen MR) is 72.0 cm³/mol. The molecule has 94 valence electrons. The second-order valence-electron chi connectivity index (χ2n) is 3.47. The molecule has 0 unspecified atom stereocenters. The smallest absolute Gasteiger partial charge is 0.313 e. The van der Waals surface area contributed by atoms with Gasteiger partial charge in [0, 0.05) is 0 Å². The Bertz CT molecular complexity index is 441. The van der Waals surface area contributed by atoms with E-state index in [-0.39, 0.29) is 36.8 Å². The van der Waals surface area contributed by atoms with E-state index in [9.17, 15) is 4.79 Å². The summed E-state index contributed by atoms with van der Waals surface area (Å²) >= 11 is 29.2. The average Bonchev–Trinajstić information content (AvgIpc) is 2.29. The van der Waals surface area contributed by atoms with E-state index < -0.39 is 5.97 Å². The minimum atomic E-state index is -0.497. The molecule has 1 aromatic carbocycles. The van der Waals surface area contributed by atoms with Crippen LogP contribution in [-0.2, 0) is 4.79 Å². The van der Waals surface area contributed by atoms with Gasteiger partial charge in [-0.3, -0.25) is 4.79 Å². The zero-order chi connectivity index (χ0) is 13.3. The Hall–Kier alpha value is 0.140. The van der Waals surface area contributed by atoms with Gasteiger partial charge in [-0.15, -0.1) is 0 Å². The summed E-state index contributed by atoms with van der Waals surface area (Å²) in [5.41, 5.74) is 0. The summed E-state index contributed by atoms with van der Waals surface area (Å²) < 4.78 is 5.02. The molecule has 1 rings (SSSR count). The molecule has 1 aromatic rings. The first-order valence-electron chi connectivity index (χ1n) is 4.50. The van der Waals surface area contributed by atoms with Crippen molar-refractivity contribution in [3.05, 3.63) is 25.1 Å². The van der Waals surface area contributed by atoms with Crippen molar-refractivity contribution >= 4 is 64.0 Å². The maximum Gasteiger partial charge on any atom is 0.313 e. The molecule has 0 aliphatic carbocycles. The van der Waals surface area contributed by atoms with Gasteiger partial charge >= 0.3 is 5.97 Å². The summed E-state index contributed by atoms with van der Waals surface area (Å²) in [6.45, 7) is 3.34. The minimum absolute atomic E-state index is 0.00529. The topological polar surface area (TPSA) is 26.3 Å². The van der Waals surface area contributed by atoms with Crippen molar-refractivity contribution in [2.75, 3.05) is 0 Å². The summed E-state index contributed by atoms with van der Waals surface area (Å²) in [5, 5.41) is -0.0728. The van der Waals surface area contributed by atoms with Crippen LogP contribution in [0.3, 0.4) is 0 Å². The van der Waals surface area contributed by atoms with Crippen molar-refractivity contribution in [3.63, 3.8) is 0 Å². The van der Waals surface area contributed by atoms with Crippen molar-refractivity contribution in [1.82, 2.24) is 0 Å². The first-order chi connectivity index (χ1) is 7.77. The van der Waals surface area contributed by atoms with E-state index in [0.717, 1.165) is 0 Å². The van der Waals surface area contributed by atoms with E-state index in [1.807, 2.05) is 0 Å². The monoisotopic (exact) mass is 334 g/mol. The number of hydrogen-bond donors (Lipinski definition) is 0. The van der Waals surface area contributed by atoms with Crippen molar-refractivity contribution < 1.29 is 9.53 Å². The van der Waals surface area contributed by atoms with Crippen LogP contribution >= 0.6 is 58.0 Å². The number of benzene rings is 1. The Balaban J connectivity index is 3.30. The number of esters is 1. The first kappa shape index (κ1) is 15.2. The Kier molecular flexibility index (Phi) is 5.23. The lowest BCUT2D eigenvalue weighted by Crippen LogP contribution is -2.15. The van der Waals surface area contributed by atoms with Crippen LogP contribution in [0.2, 0.25) is 25.1 Å². The summed E-state index contributed by atoms with van der Waals surface area (Å²) in [6, 6.07) is 0. The molecular weight excluding hydrogens is 329 g/mol. The van der Waals surface area contributed by atoms with Crippen LogP contribution in [0.15, 0.2) is 0 Å². The van der Waals surface area contributed by atoms with Crippen LogP contribution in [0.25, 0.3) is 0 Å². The molecule has 0 heterocycles. The molecule has 0 amide bonds. The molecule has 0 aromatic heterocycles. The number of carbonyl (C=O) groups excluding carboxylic acids is 1. The van der Waals surface area contributed by atoms with Gasteiger partial charge in [-0.05, 0) is 0 Å². The van der Waals surface area contributed by atoms with Crippen LogP contribution in [0, 0.1) is 5.92 Å². The van der Waals surface area contributed by atoms with Gasteiger partial charge in [-0.2, -0.15) is 0 Å². The summed E-state index contributed by atoms with van der Waals surface area (Å²) in [4.78, 5) is 11.5. The first-order valence-corrected chi connectivity index (χ1v) is 6.39. The standard InChI is InChI=1S/C10H7Cl5O2/c1-3(2)10(16)17-9-7(14)5(12)4(11)6(13)8(9)15/h3H,1-2H3. The highest BCUT2D eigenvalue weighted by Crippen LogP contribution is 2.48. The molecule has 0 radical (unpaired) electrons. The highest BCUT2D eigenvalue weighted by atomic mass is 35.5. The van der Waals surface area contributed by atoms with E-state index in [1.54, 1.807) is 13.8 Å². The lowest BCUT2D eigenvalue weighted by Gasteiger charge is -2.13. The largest absolute Gasteiger partial charge is 0.423 e. The van der Waals surface area contributed by atoms with Crippen molar-refractivity contribution in [2.45, 2.75) is 13.8 Å². The van der Waals surface area contributed by atoms with Crippen LogP contribution in [-0.4, -0.2) is 5.97 Å². The molecule has 0 aliphatic heterocycles. The van der Waals surface area contributed by atoms with Gasteiger partial charge < -0.3 is 4.74 Å². The zero-order valence-electron chi connectivity index (χ0n) is 8.78. The van der Waals surface area contributed by atoms with Crippen molar-refractivity contribution in [2.24, 2.45) is 5.92 Å². The maximum atomic E-state index is 11.5. The quantitative estimate of drug-likeness (QED) is 0.308. The average molecular weight is 336 g/mol. The molecule has 0 fully saturated rings. The van der Waals surface area contributed by atoms with E-state index in [2.05, 4.69) is 0 Å². The molecule has 0 saturated heterocycles. The Morgan fingerprint density at radius 3 is 1.59 bits per heavy atom. The number of hydrogen-bond acceptors (Lipinski definition) is 2. The number of carbonyl (C=O) groups is 1. The number of ether oxygens (including phenoxy) is 1. The summed E-state index contributed by atoms with van der Waals surface area (Å²) in [5.74, 6) is -0.912. The SMILES string of the molecule is CC(C)C(=O)Oc1c(Cl)c(Cl)c(Cl)c(Cl)c1Cl. The molecule has 0 N–H and O–H groups in total. The van der Waals surface area contributed by atoms with Crippen molar-refractivity contribution in [3.8, 4) is 5.75 Å². The van der Waals surface area contributed by atoms with Gasteiger partial charge in [0.2, 0.25) is 0 Å². The predicted octanol–water partition coefficient (Wildman–Crippen LogP) is 5.52. The summed E-state index contributed by atoms with van der Waals surface area (Å²) in [7, 11) is 0. The van der Waals surface area contributed by atoms with Gasteiger partial charge in [0.05, 0.1) is 21.0 Å². The highest BCUT2D eigenvalue weighted by molar-refractivity contribution is 6.55. The number of rotatable bonds is 2. The van der Waals surface area contributed by atoms with Crippen LogP contribution in [0.5, 0.6) is 5.75 Å².